The largest absolute Gasteiger partial charge is 0.508 e. The molecule has 3 heteroatoms. The van der Waals surface area contributed by atoms with Crippen molar-refractivity contribution in [2.45, 2.75) is 6.42 Å². The molecular formula is C10H15NO2. The monoisotopic (exact) mass is 181 g/mol. The van der Waals surface area contributed by atoms with Gasteiger partial charge in [-0.25, -0.2) is 0 Å². The third-order valence-electron chi connectivity index (χ3n) is 1.70. The number of hydrogen-bond acceptors (Lipinski definition) is 3. The summed E-state index contributed by atoms with van der Waals surface area (Å²) in [6, 6.07) is 7.09. The molecule has 0 aromatic heterocycles. The molecule has 0 unspecified atom stereocenters. The lowest BCUT2D eigenvalue weighted by atomic mass is 10.3. The molecule has 2 N–H and O–H groups in total. The van der Waals surface area contributed by atoms with Crippen LogP contribution in [0.3, 0.4) is 0 Å². The van der Waals surface area contributed by atoms with Gasteiger partial charge in [-0.05, 0) is 18.6 Å². The van der Waals surface area contributed by atoms with Crippen molar-refractivity contribution in [3.05, 3.63) is 24.3 Å². The van der Waals surface area contributed by atoms with Crippen LogP contribution >= 0.6 is 0 Å². The molecule has 0 aliphatic carbocycles. The van der Waals surface area contributed by atoms with E-state index in [0.29, 0.717) is 0 Å². The molecule has 0 atom stereocenters. The molecule has 0 amide bonds. The van der Waals surface area contributed by atoms with Crippen LogP contribution in [0.5, 0.6) is 5.75 Å². The fourth-order valence-electron chi connectivity index (χ4n) is 1.07. The van der Waals surface area contributed by atoms with Crippen LogP contribution in [0.1, 0.15) is 6.42 Å². The zero-order valence-electron chi connectivity index (χ0n) is 7.79. The normalized spacial score (nSPS) is 9.92. The second-order valence-electron chi connectivity index (χ2n) is 2.82. The standard InChI is InChI=1S/C10H15NO2/c1-13-7-3-6-11-9-4-2-5-10(12)8-9/h2,4-5,8,11-12H,3,6-7H2,1H3. The van der Waals surface area contributed by atoms with Crippen molar-refractivity contribution in [3.8, 4) is 5.75 Å². The number of rotatable bonds is 5. The number of hydrogen-bond donors (Lipinski definition) is 2. The number of phenolic OH excluding ortho intramolecular Hbond substituents is 1. The number of benzene rings is 1. The fraction of sp³-hybridized carbons (Fsp3) is 0.400. The Morgan fingerprint density at radius 1 is 1.46 bits per heavy atom. The second-order valence-corrected chi connectivity index (χ2v) is 2.82. The highest BCUT2D eigenvalue weighted by Gasteiger charge is 1.92. The van der Waals surface area contributed by atoms with Gasteiger partial charge in [0.2, 0.25) is 0 Å². The lowest BCUT2D eigenvalue weighted by Gasteiger charge is -2.05. The topological polar surface area (TPSA) is 41.5 Å². The molecule has 1 rings (SSSR count). The van der Waals surface area contributed by atoms with Gasteiger partial charge in [0.25, 0.3) is 0 Å². The summed E-state index contributed by atoms with van der Waals surface area (Å²) in [5.74, 6) is 0.289. The predicted octanol–water partition coefficient (Wildman–Crippen LogP) is 1.84. The Morgan fingerprint density at radius 3 is 3.00 bits per heavy atom. The summed E-state index contributed by atoms with van der Waals surface area (Å²) in [4.78, 5) is 0. The van der Waals surface area contributed by atoms with E-state index in [9.17, 15) is 0 Å². The Kier molecular flexibility index (Phi) is 4.12. The van der Waals surface area contributed by atoms with Gasteiger partial charge in [-0.15, -0.1) is 0 Å². The van der Waals surface area contributed by atoms with Crippen molar-refractivity contribution in [1.82, 2.24) is 0 Å². The molecule has 0 aliphatic rings. The molecule has 1 aromatic carbocycles. The number of methoxy groups -OCH3 is 1. The summed E-state index contributed by atoms with van der Waals surface area (Å²) >= 11 is 0. The first kappa shape index (κ1) is 9.86. The first-order valence-corrected chi connectivity index (χ1v) is 4.35. The van der Waals surface area contributed by atoms with Crippen LogP contribution in [0.4, 0.5) is 5.69 Å². The van der Waals surface area contributed by atoms with Crippen molar-refractivity contribution in [3.63, 3.8) is 0 Å². The van der Waals surface area contributed by atoms with Crippen molar-refractivity contribution in [2.75, 3.05) is 25.6 Å². The van der Waals surface area contributed by atoms with Crippen LogP contribution in [0.25, 0.3) is 0 Å². The van der Waals surface area contributed by atoms with E-state index < -0.39 is 0 Å². The van der Waals surface area contributed by atoms with Crippen LogP contribution in [0.2, 0.25) is 0 Å². The molecule has 0 fully saturated rings. The number of aromatic hydroxyl groups is 1. The van der Waals surface area contributed by atoms with Crippen LogP contribution in [-0.4, -0.2) is 25.4 Å². The zero-order chi connectivity index (χ0) is 9.52. The van der Waals surface area contributed by atoms with Gasteiger partial charge in [-0.3, -0.25) is 0 Å². The van der Waals surface area contributed by atoms with Crippen LogP contribution in [-0.2, 0) is 4.74 Å². The Bertz CT molecular complexity index is 250. The Hall–Kier alpha value is -1.22. The van der Waals surface area contributed by atoms with Crippen molar-refractivity contribution in [2.24, 2.45) is 0 Å². The molecule has 0 saturated heterocycles. The highest BCUT2D eigenvalue weighted by molar-refractivity contribution is 5.47. The minimum absolute atomic E-state index is 0.289. The molecule has 0 aliphatic heterocycles. The van der Waals surface area contributed by atoms with Crippen LogP contribution in [0, 0.1) is 0 Å². The maximum Gasteiger partial charge on any atom is 0.117 e. The highest BCUT2D eigenvalue weighted by atomic mass is 16.5. The van der Waals surface area contributed by atoms with E-state index in [4.69, 9.17) is 9.84 Å². The van der Waals surface area contributed by atoms with E-state index in [1.807, 2.05) is 12.1 Å². The molecule has 1 aromatic rings. The fourth-order valence-corrected chi connectivity index (χ4v) is 1.07. The van der Waals surface area contributed by atoms with E-state index in [1.165, 1.54) is 0 Å². The van der Waals surface area contributed by atoms with Crippen molar-refractivity contribution < 1.29 is 9.84 Å². The zero-order valence-corrected chi connectivity index (χ0v) is 7.79. The Balaban J connectivity index is 2.28. The van der Waals surface area contributed by atoms with Crippen molar-refractivity contribution >= 4 is 5.69 Å². The molecule has 0 bridgehead atoms. The summed E-state index contributed by atoms with van der Waals surface area (Å²) < 4.78 is 4.91. The minimum Gasteiger partial charge on any atom is -0.508 e. The third-order valence-corrected chi connectivity index (χ3v) is 1.70. The quantitative estimate of drug-likeness (QED) is 0.681. The molecule has 0 heterocycles. The predicted molar refractivity (Wildman–Crippen MR) is 53.1 cm³/mol. The third kappa shape index (κ3) is 3.80. The summed E-state index contributed by atoms with van der Waals surface area (Å²) in [5.41, 5.74) is 0.941. The van der Waals surface area contributed by atoms with Gasteiger partial charge < -0.3 is 15.2 Å². The number of ether oxygens (including phenoxy) is 1. The average molecular weight is 181 g/mol. The highest BCUT2D eigenvalue weighted by Crippen LogP contribution is 2.14. The Morgan fingerprint density at radius 2 is 2.31 bits per heavy atom. The summed E-state index contributed by atoms with van der Waals surface area (Å²) in [6.45, 7) is 1.61. The van der Waals surface area contributed by atoms with E-state index in [0.717, 1.165) is 25.3 Å². The van der Waals surface area contributed by atoms with Gasteiger partial charge in [-0.2, -0.15) is 0 Å². The number of phenols is 1. The average Bonchev–Trinajstić information content (AvgIpc) is 2.13. The molecule has 3 nitrogen and oxygen atoms in total. The first-order valence-electron chi connectivity index (χ1n) is 4.35. The van der Waals surface area contributed by atoms with Crippen LogP contribution in [0.15, 0.2) is 24.3 Å². The number of anilines is 1. The molecule has 0 spiro atoms. The molecule has 13 heavy (non-hydrogen) atoms. The van der Waals surface area contributed by atoms with Gasteiger partial charge in [0, 0.05) is 32.0 Å². The lowest BCUT2D eigenvalue weighted by molar-refractivity contribution is 0.198. The Labute approximate surface area is 78.3 Å². The van der Waals surface area contributed by atoms with Gasteiger partial charge >= 0.3 is 0 Å². The summed E-state index contributed by atoms with van der Waals surface area (Å²) in [5, 5.41) is 12.3. The summed E-state index contributed by atoms with van der Waals surface area (Å²) in [7, 11) is 1.69. The molecule has 0 radical (unpaired) electrons. The van der Waals surface area contributed by atoms with Gasteiger partial charge in [0.15, 0.2) is 0 Å². The molecular weight excluding hydrogens is 166 g/mol. The summed E-state index contributed by atoms with van der Waals surface area (Å²) in [6.07, 6.45) is 0.964. The lowest BCUT2D eigenvalue weighted by Crippen LogP contribution is -2.04. The smallest absolute Gasteiger partial charge is 0.117 e. The van der Waals surface area contributed by atoms with Crippen LogP contribution < -0.4 is 5.32 Å². The van der Waals surface area contributed by atoms with E-state index in [2.05, 4.69) is 5.32 Å². The SMILES string of the molecule is COCCCNc1cccc(O)c1. The maximum atomic E-state index is 9.15. The minimum atomic E-state index is 0.289. The molecule has 72 valence electrons. The van der Waals surface area contributed by atoms with E-state index in [1.54, 1.807) is 19.2 Å². The van der Waals surface area contributed by atoms with Crippen molar-refractivity contribution in [1.29, 1.82) is 0 Å². The van der Waals surface area contributed by atoms with Gasteiger partial charge in [0.1, 0.15) is 5.75 Å². The van der Waals surface area contributed by atoms with E-state index >= 15 is 0 Å². The van der Waals surface area contributed by atoms with Gasteiger partial charge in [-0.1, -0.05) is 6.07 Å². The van der Waals surface area contributed by atoms with E-state index in [-0.39, 0.29) is 5.75 Å². The second kappa shape index (κ2) is 5.43. The maximum absolute atomic E-state index is 9.15. The number of nitrogens with one attached hydrogen (secondary N) is 1. The van der Waals surface area contributed by atoms with Gasteiger partial charge in [0.05, 0.1) is 0 Å². The molecule has 0 saturated carbocycles. The first-order chi connectivity index (χ1) is 6.33.